The maximum Gasteiger partial charge on any atom is 0.0519 e. The Kier molecular flexibility index (Phi) is 4.37. The lowest BCUT2D eigenvalue weighted by molar-refractivity contribution is 0.317. The summed E-state index contributed by atoms with van der Waals surface area (Å²) in [6.45, 7) is 9.65. The second kappa shape index (κ2) is 5.80. The first-order valence-corrected chi connectivity index (χ1v) is 7.28. The molecule has 2 heterocycles. The van der Waals surface area contributed by atoms with Gasteiger partial charge in [-0.15, -0.1) is 11.3 Å². The fourth-order valence-electron chi connectivity index (χ4n) is 2.25. The van der Waals surface area contributed by atoms with E-state index in [1.54, 1.807) is 11.3 Å². The van der Waals surface area contributed by atoms with Crippen molar-refractivity contribution in [3.63, 3.8) is 0 Å². The monoisotopic (exact) mass is 250 g/mol. The standard InChI is InChI=1S/C14H22N2S/c1-3-11(2)13-6-7-14(17-13)12(15)10-16-8-4-5-9-16/h6-7,12H,2-5,8-10,15H2,1H3. The number of nitrogens with zero attached hydrogens (tertiary/aromatic N) is 1. The van der Waals surface area contributed by atoms with Gasteiger partial charge in [0, 0.05) is 16.3 Å². The zero-order valence-corrected chi connectivity index (χ0v) is 11.4. The van der Waals surface area contributed by atoms with Crippen molar-refractivity contribution in [2.45, 2.75) is 32.2 Å². The zero-order valence-electron chi connectivity index (χ0n) is 10.6. The SMILES string of the molecule is C=C(CC)c1ccc(C(N)CN2CCCC2)s1. The Labute approximate surface area is 108 Å². The lowest BCUT2D eigenvalue weighted by Crippen LogP contribution is -2.29. The van der Waals surface area contributed by atoms with Gasteiger partial charge in [-0.05, 0) is 50.1 Å². The molecule has 0 bridgehead atoms. The van der Waals surface area contributed by atoms with Crippen LogP contribution in [-0.2, 0) is 0 Å². The third kappa shape index (κ3) is 3.18. The van der Waals surface area contributed by atoms with E-state index in [4.69, 9.17) is 5.73 Å². The van der Waals surface area contributed by atoms with Crippen LogP contribution in [0.2, 0.25) is 0 Å². The van der Waals surface area contributed by atoms with Crippen molar-refractivity contribution >= 4 is 16.9 Å². The van der Waals surface area contributed by atoms with E-state index >= 15 is 0 Å². The summed E-state index contributed by atoms with van der Waals surface area (Å²) in [5.41, 5.74) is 7.49. The van der Waals surface area contributed by atoms with Crippen molar-refractivity contribution in [3.05, 3.63) is 28.5 Å². The van der Waals surface area contributed by atoms with Crippen LogP contribution in [0, 0.1) is 0 Å². The van der Waals surface area contributed by atoms with Gasteiger partial charge in [-0.1, -0.05) is 13.5 Å². The zero-order chi connectivity index (χ0) is 12.3. The minimum atomic E-state index is 0.163. The predicted molar refractivity (Wildman–Crippen MR) is 76.2 cm³/mol. The fourth-order valence-corrected chi connectivity index (χ4v) is 3.29. The van der Waals surface area contributed by atoms with E-state index in [2.05, 4.69) is 30.5 Å². The van der Waals surface area contributed by atoms with Crippen LogP contribution in [0.15, 0.2) is 18.7 Å². The molecule has 1 aromatic heterocycles. The van der Waals surface area contributed by atoms with E-state index in [1.165, 1.54) is 41.3 Å². The van der Waals surface area contributed by atoms with Crippen molar-refractivity contribution in [2.24, 2.45) is 5.73 Å². The smallest absolute Gasteiger partial charge is 0.0519 e. The third-order valence-electron chi connectivity index (χ3n) is 3.42. The molecule has 1 unspecified atom stereocenters. The Morgan fingerprint density at radius 1 is 1.47 bits per heavy atom. The average Bonchev–Trinajstić information content (AvgIpc) is 2.98. The van der Waals surface area contributed by atoms with Crippen LogP contribution in [0.5, 0.6) is 0 Å². The molecule has 0 amide bonds. The molecule has 1 fully saturated rings. The van der Waals surface area contributed by atoms with Gasteiger partial charge in [0.25, 0.3) is 0 Å². The van der Waals surface area contributed by atoms with Gasteiger partial charge < -0.3 is 10.6 Å². The number of likely N-dealkylation sites (tertiary alicyclic amines) is 1. The predicted octanol–water partition coefficient (Wildman–Crippen LogP) is 3.27. The normalized spacial score (nSPS) is 18.5. The summed E-state index contributed by atoms with van der Waals surface area (Å²) < 4.78 is 0. The molecule has 1 aliphatic rings. The summed E-state index contributed by atoms with van der Waals surface area (Å²) in [7, 11) is 0. The molecule has 1 aliphatic heterocycles. The van der Waals surface area contributed by atoms with Crippen molar-refractivity contribution in [1.82, 2.24) is 4.90 Å². The van der Waals surface area contributed by atoms with Crippen LogP contribution in [0.1, 0.15) is 42.0 Å². The minimum absolute atomic E-state index is 0.163. The van der Waals surface area contributed by atoms with Crippen LogP contribution in [0.25, 0.3) is 5.57 Å². The Morgan fingerprint density at radius 2 is 2.18 bits per heavy atom. The van der Waals surface area contributed by atoms with Gasteiger partial charge in [0.15, 0.2) is 0 Å². The number of hydrogen-bond acceptors (Lipinski definition) is 3. The molecule has 2 rings (SSSR count). The van der Waals surface area contributed by atoms with Crippen molar-refractivity contribution in [1.29, 1.82) is 0 Å². The van der Waals surface area contributed by atoms with Gasteiger partial charge in [-0.2, -0.15) is 0 Å². The van der Waals surface area contributed by atoms with E-state index in [0.717, 1.165) is 13.0 Å². The van der Waals surface area contributed by atoms with Crippen LogP contribution in [0.4, 0.5) is 0 Å². The summed E-state index contributed by atoms with van der Waals surface area (Å²) in [6.07, 6.45) is 3.67. The molecule has 0 aromatic carbocycles. The largest absolute Gasteiger partial charge is 0.322 e. The highest BCUT2D eigenvalue weighted by Gasteiger charge is 2.17. The summed E-state index contributed by atoms with van der Waals surface area (Å²) in [4.78, 5) is 5.06. The molecule has 1 aromatic rings. The number of thiophene rings is 1. The maximum atomic E-state index is 6.27. The Hall–Kier alpha value is -0.640. The average molecular weight is 250 g/mol. The second-order valence-corrected chi connectivity index (χ2v) is 5.89. The first-order valence-electron chi connectivity index (χ1n) is 6.46. The molecular formula is C14H22N2S. The van der Waals surface area contributed by atoms with E-state index < -0.39 is 0 Å². The lowest BCUT2D eigenvalue weighted by Gasteiger charge is -2.19. The van der Waals surface area contributed by atoms with Crippen molar-refractivity contribution in [2.75, 3.05) is 19.6 Å². The molecule has 2 nitrogen and oxygen atoms in total. The lowest BCUT2D eigenvalue weighted by atomic mass is 10.2. The van der Waals surface area contributed by atoms with Gasteiger partial charge in [-0.3, -0.25) is 0 Å². The number of nitrogens with two attached hydrogens (primary N) is 1. The van der Waals surface area contributed by atoms with E-state index in [9.17, 15) is 0 Å². The van der Waals surface area contributed by atoms with Gasteiger partial charge in [-0.25, -0.2) is 0 Å². The topological polar surface area (TPSA) is 29.3 Å². The first kappa shape index (κ1) is 12.8. The first-order chi connectivity index (χ1) is 8.20. The van der Waals surface area contributed by atoms with Crippen LogP contribution >= 0.6 is 11.3 Å². The molecular weight excluding hydrogens is 228 g/mol. The van der Waals surface area contributed by atoms with E-state index in [1.807, 2.05) is 0 Å². The Morgan fingerprint density at radius 3 is 2.82 bits per heavy atom. The molecule has 0 saturated carbocycles. The molecule has 17 heavy (non-hydrogen) atoms. The van der Waals surface area contributed by atoms with E-state index in [-0.39, 0.29) is 6.04 Å². The molecule has 1 saturated heterocycles. The summed E-state index contributed by atoms with van der Waals surface area (Å²) in [6, 6.07) is 4.49. The van der Waals surface area contributed by atoms with Gasteiger partial charge >= 0.3 is 0 Å². The highest BCUT2D eigenvalue weighted by atomic mass is 32.1. The van der Waals surface area contributed by atoms with Gasteiger partial charge in [0.2, 0.25) is 0 Å². The highest BCUT2D eigenvalue weighted by molar-refractivity contribution is 7.13. The minimum Gasteiger partial charge on any atom is -0.322 e. The van der Waals surface area contributed by atoms with Crippen LogP contribution < -0.4 is 5.73 Å². The quantitative estimate of drug-likeness (QED) is 0.869. The third-order valence-corrected chi connectivity index (χ3v) is 4.74. The summed E-state index contributed by atoms with van der Waals surface area (Å²) >= 11 is 1.81. The van der Waals surface area contributed by atoms with Crippen molar-refractivity contribution < 1.29 is 0 Å². The molecule has 1 atom stereocenters. The Balaban J connectivity index is 1.96. The summed E-state index contributed by atoms with van der Waals surface area (Å²) in [5, 5.41) is 0. The molecule has 0 spiro atoms. The number of hydrogen-bond donors (Lipinski definition) is 1. The van der Waals surface area contributed by atoms with Crippen molar-refractivity contribution in [3.8, 4) is 0 Å². The van der Waals surface area contributed by atoms with Crippen LogP contribution in [-0.4, -0.2) is 24.5 Å². The highest BCUT2D eigenvalue weighted by Crippen LogP contribution is 2.28. The number of rotatable bonds is 5. The Bertz CT molecular complexity index is 377. The molecule has 3 heteroatoms. The van der Waals surface area contributed by atoms with Crippen LogP contribution in [0.3, 0.4) is 0 Å². The van der Waals surface area contributed by atoms with E-state index in [0.29, 0.717) is 0 Å². The molecule has 0 radical (unpaired) electrons. The molecule has 0 aliphatic carbocycles. The fraction of sp³-hybridized carbons (Fsp3) is 0.571. The number of allylic oxidation sites excluding steroid dienone is 1. The second-order valence-electron chi connectivity index (χ2n) is 4.77. The maximum absolute atomic E-state index is 6.27. The molecule has 2 N–H and O–H groups in total. The summed E-state index contributed by atoms with van der Waals surface area (Å²) in [5.74, 6) is 0. The van der Waals surface area contributed by atoms with Gasteiger partial charge in [0.1, 0.15) is 0 Å². The molecule has 94 valence electrons. The van der Waals surface area contributed by atoms with Gasteiger partial charge in [0.05, 0.1) is 6.04 Å².